The molecule has 0 spiro atoms. The van der Waals surface area contributed by atoms with Crippen LogP contribution in [0.5, 0.6) is 0 Å². The summed E-state index contributed by atoms with van der Waals surface area (Å²) in [6.45, 7) is 0.386. The summed E-state index contributed by atoms with van der Waals surface area (Å²) >= 11 is 4.91. The van der Waals surface area contributed by atoms with E-state index in [0.29, 0.717) is 6.54 Å². The van der Waals surface area contributed by atoms with Gasteiger partial charge >= 0.3 is 0 Å². The number of carbonyl (C=O) groups excluding carboxylic acids is 1. The number of hydrogen-bond acceptors (Lipinski definition) is 2. The second-order valence-corrected chi connectivity index (χ2v) is 6.31. The lowest BCUT2D eigenvalue weighted by Crippen LogP contribution is -2.20. The fourth-order valence-electron chi connectivity index (χ4n) is 1.43. The molecule has 0 aliphatic carbocycles. The van der Waals surface area contributed by atoms with Gasteiger partial charge in [0.25, 0.3) is 0 Å². The third-order valence-electron chi connectivity index (χ3n) is 2.37. The molecule has 1 aromatic carbocycles. The zero-order valence-corrected chi connectivity index (χ0v) is 12.3. The van der Waals surface area contributed by atoms with Crippen molar-refractivity contribution in [3.8, 4) is 0 Å². The van der Waals surface area contributed by atoms with Gasteiger partial charge in [-0.2, -0.15) is 0 Å². The first-order chi connectivity index (χ1) is 9.13. The van der Waals surface area contributed by atoms with E-state index in [9.17, 15) is 9.18 Å². The molecule has 0 saturated heterocycles. The number of halogens is 2. The van der Waals surface area contributed by atoms with E-state index in [1.165, 1.54) is 18.2 Å². The summed E-state index contributed by atoms with van der Waals surface area (Å²) in [7, 11) is 0. The minimum absolute atomic E-state index is 0.172. The van der Waals surface area contributed by atoms with Gasteiger partial charge in [0.15, 0.2) is 0 Å². The van der Waals surface area contributed by atoms with Crippen LogP contribution < -0.4 is 5.32 Å². The van der Waals surface area contributed by atoms with Gasteiger partial charge in [0.2, 0.25) is 5.91 Å². The van der Waals surface area contributed by atoms with Crippen LogP contribution in [-0.4, -0.2) is 5.91 Å². The molecule has 1 heterocycles. The highest BCUT2D eigenvalue weighted by molar-refractivity contribution is 9.11. The smallest absolute Gasteiger partial charge is 0.244 e. The van der Waals surface area contributed by atoms with E-state index in [-0.39, 0.29) is 11.7 Å². The Bertz CT molecular complexity index is 592. The van der Waals surface area contributed by atoms with E-state index in [1.807, 2.05) is 12.1 Å². The molecule has 1 aromatic heterocycles. The largest absolute Gasteiger partial charge is 0.348 e. The van der Waals surface area contributed by atoms with E-state index in [2.05, 4.69) is 21.2 Å². The number of rotatable bonds is 4. The van der Waals surface area contributed by atoms with Crippen molar-refractivity contribution in [2.75, 3.05) is 0 Å². The van der Waals surface area contributed by atoms with Crippen LogP contribution in [0.15, 0.2) is 46.3 Å². The molecule has 2 nitrogen and oxygen atoms in total. The Balaban J connectivity index is 1.84. The maximum atomic E-state index is 12.7. The molecule has 98 valence electrons. The first kappa shape index (κ1) is 14.0. The van der Waals surface area contributed by atoms with Gasteiger partial charge in [-0.3, -0.25) is 4.79 Å². The summed E-state index contributed by atoms with van der Waals surface area (Å²) < 4.78 is 13.7. The van der Waals surface area contributed by atoms with Crippen LogP contribution in [-0.2, 0) is 11.3 Å². The van der Waals surface area contributed by atoms with Crippen LogP contribution in [0.1, 0.15) is 10.4 Å². The Hall–Kier alpha value is -1.46. The lowest BCUT2D eigenvalue weighted by Gasteiger charge is -2.01. The Morgan fingerprint density at radius 1 is 1.26 bits per heavy atom. The van der Waals surface area contributed by atoms with Crippen molar-refractivity contribution in [3.63, 3.8) is 0 Å². The van der Waals surface area contributed by atoms with Crippen LogP contribution in [0.25, 0.3) is 6.08 Å². The van der Waals surface area contributed by atoms with E-state index in [1.54, 1.807) is 29.5 Å². The molecule has 0 aliphatic heterocycles. The predicted octanol–water partition coefficient (Wildman–Crippen LogP) is 3.98. The molecule has 19 heavy (non-hydrogen) atoms. The zero-order chi connectivity index (χ0) is 13.7. The van der Waals surface area contributed by atoms with Gasteiger partial charge in [0.1, 0.15) is 5.82 Å². The highest BCUT2D eigenvalue weighted by Gasteiger charge is 1.98. The third kappa shape index (κ3) is 4.61. The third-order valence-corrected chi connectivity index (χ3v) is 3.96. The second kappa shape index (κ2) is 6.63. The Morgan fingerprint density at radius 3 is 2.63 bits per heavy atom. The van der Waals surface area contributed by atoms with Crippen molar-refractivity contribution >= 4 is 39.2 Å². The Labute approximate surface area is 123 Å². The molecule has 0 saturated carbocycles. The predicted molar refractivity (Wildman–Crippen MR) is 79.3 cm³/mol. The van der Waals surface area contributed by atoms with E-state index in [4.69, 9.17) is 0 Å². The van der Waals surface area contributed by atoms with Crippen molar-refractivity contribution in [3.05, 3.63) is 62.5 Å². The van der Waals surface area contributed by atoms with Gasteiger partial charge in [0.05, 0.1) is 3.79 Å². The number of carbonyl (C=O) groups is 1. The molecule has 1 N–H and O–H groups in total. The van der Waals surface area contributed by atoms with E-state index in [0.717, 1.165) is 14.2 Å². The van der Waals surface area contributed by atoms with E-state index < -0.39 is 0 Å². The van der Waals surface area contributed by atoms with Crippen molar-refractivity contribution in [1.29, 1.82) is 0 Å². The normalized spacial score (nSPS) is 10.8. The minimum atomic E-state index is -0.279. The van der Waals surface area contributed by atoms with Crippen LogP contribution in [0.3, 0.4) is 0 Å². The number of hydrogen-bond donors (Lipinski definition) is 1. The van der Waals surface area contributed by atoms with Crippen molar-refractivity contribution < 1.29 is 9.18 Å². The number of nitrogens with one attached hydrogen (secondary N) is 1. The fraction of sp³-hybridized carbons (Fsp3) is 0.0714. The fourth-order valence-corrected chi connectivity index (χ4v) is 2.75. The summed E-state index contributed by atoms with van der Waals surface area (Å²) in [5.74, 6) is -0.452. The van der Waals surface area contributed by atoms with Gasteiger partial charge in [-0.05, 0) is 51.8 Å². The number of thiophene rings is 1. The second-order valence-electron chi connectivity index (χ2n) is 3.82. The number of benzene rings is 1. The first-order valence-corrected chi connectivity index (χ1v) is 7.20. The average Bonchev–Trinajstić information content (AvgIpc) is 2.81. The maximum Gasteiger partial charge on any atom is 0.244 e. The highest BCUT2D eigenvalue weighted by Crippen LogP contribution is 2.22. The minimum Gasteiger partial charge on any atom is -0.348 e. The topological polar surface area (TPSA) is 29.1 Å². The monoisotopic (exact) mass is 339 g/mol. The van der Waals surface area contributed by atoms with Crippen molar-refractivity contribution in [2.45, 2.75) is 6.54 Å². The van der Waals surface area contributed by atoms with Crippen LogP contribution in [0, 0.1) is 5.82 Å². The Morgan fingerprint density at radius 2 is 2.00 bits per heavy atom. The molecule has 5 heteroatoms. The molecular weight excluding hydrogens is 329 g/mol. The molecule has 2 aromatic rings. The maximum absolute atomic E-state index is 12.7. The van der Waals surface area contributed by atoms with Crippen LogP contribution in [0.4, 0.5) is 4.39 Å². The quantitative estimate of drug-likeness (QED) is 0.838. The molecule has 0 atom stereocenters. The highest BCUT2D eigenvalue weighted by atomic mass is 79.9. The molecule has 0 radical (unpaired) electrons. The SMILES string of the molecule is O=C(/C=C/c1ccc(Br)s1)NCc1ccc(F)cc1. The van der Waals surface area contributed by atoms with Gasteiger partial charge in [-0.1, -0.05) is 12.1 Å². The van der Waals surface area contributed by atoms with Gasteiger partial charge in [-0.25, -0.2) is 4.39 Å². The van der Waals surface area contributed by atoms with Crippen LogP contribution in [0.2, 0.25) is 0 Å². The molecule has 2 rings (SSSR count). The van der Waals surface area contributed by atoms with E-state index >= 15 is 0 Å². The summed E-state index contributed by atoms with van der Waals surface area (Å²) in [4.78, 5) is 12.6. The molecule has 1 amide bonds. The summed E-state index contributed by atoms with van der Waals surface area (Å²) in [5, 5.41) is 2.74. The number of amides is 1. The summed E-state index contributed by atoms with van der Waals surface area (Å²) in [6.07, 6.45) is 3.25. The first-order valence-electron chi connectivity index (χ1n) is 5.59. The van der Waals surface area contributed by atoms with Crippen molar-refractivity contribution in [2.24, 2.45) is 0 Å². The molecule has 0 unspecified atom stereocenters. The average molecular weight is 340 g/mol. The Kier molecular flexibility index (Phi) is 4.87. The van der Waals surface area contributed by atoms with Gasteiger partial charge in [-0.15, -0.1) is 11.3 Å². The molecule has 0 fully saturated rings. The molecular formula is C14H11BrFNOS. The van der Waals surface area contributed by atoms with Crippen LogP contribution >= 0.6 is 27.3 Å². The van der Waals surface area contributed by atoms with Crippen molar-refractivity contribution in [1.82, 2.24) is 5.32 Å². The van der Waals surface area contributed by atoms with Gasteiger partial charge < -0.3 is 5.32 Å². The van der Waals surface area contributed by atoms with Gasteiger partial charge in [0, 0.05) is 17.5 Å². The summed E-state index contributed by atoms with van der Waals surface area (Å²) in [6, 6.07) is 9.91. The molecule has 0 aliphatic rings. The summed E-state index contributed by atoms with van der Waals surface area (Å²) in [5.41, 5.74) is 0.863. The zero-order valence-electron chi connectivity index (χ0n) is 9.90. The lowest BCUT2D eigenvalue weighted by molar-refractivity contribution is -0.116. The standard InChI is InChI=1S/C14H11BrFNOS/c15-13-7-5-12(19-13)6-8-14(18)17-9-10-1-3-11(16)4-2-10/h1-8H,9H2,(H,17,18)/b8-6+. The molecule has 0 bridgehead atoms. The lowest BCUT2D eigenvalue weighted by atomic mass is 10.2.